The van der Waals surface area contributed by atoms with Crippen LogP contribution >= 0.6 is 34.7 Å². The summed E-state index contributed by atoms with van der Waals surface area (Å²) in [6, 6.07) is 11.6. The van der Waals surface area contributed by atoms with Gasteiger partial charge in [-0.3, -0.25) is 0 Å². The Morgan fingerprint density at radius 2 is 2.16 bits per heavy atom. The minimum absolute atomic E-state index is 0.580. The molecule has 0 spiro atoms. The van der Waals surface area contributed by atoms with Crippen molar-refractivity contribution in [1.29, 1.82) is 0 Å². The van der Waals surface area contributed by atoms with Crippen LogP contribution in [0.2, 0.25) is 5.02 Å². The third-order valence-corrected chi connectivity index (χ3v) is 5.67. The Labute approximate surface area is 157 Å². The molecule has 4 rings (SSSR count). The number of benzene rings is 1. The average molecular weight is 389 g/mol. The number of thiophene rings is 1. The fraction of sp³-hybridized carbons (Fsp3) is 0.118. The zero-order valence-corrected chi connectivity index (χ0v) is 15.6. The molecule has 0 aliphatic heterocycles. The molecule has 0 amide bonds. The van der Waals surface area contributed by atoms with E-state index in [0.29, 0.717) is 22.4 Å². The van der Waals surface area contributed by atoms with Crippen molar-refractivity contribution in [1.82, 2.24) is 19.7 Å². The lowest BCUT2D eigenvalue weighted by atomic mass is 10.2. The summed E-state index contributed by atoms with van der Waals surface area (Å²) in [6.45, 7) is 0. The maximum Gasteiger partial charge on any atom is 0.205 e. The zero-order chi connectivity index (χ0) is 17.2. The first-order chi connectivity index (χ1) is 12.2. The largest absolute Gasteiger partial charge is 0.440 e. The molecule has 0 saturated heterocycles. The Kier molecular flexibility index (Phi) is 4.61. The van der Waals surface area contributed by atoms with E-state index in [9.17, 15) is 0 Å². The van der Waals surface area contributed by atoms with Crippen LogP contribution in [-0.2, 0) is 12.8 Å². The summed E-state index contributed by atoms with van der Waals surface area (Å²) in [5.74, 6) is 2.79. The van der Waals surface area contributed by atoms with Gasteiger partial charge in [0, 0.05) is 17.6 Å². The van der Waals surface area contributed by atoms with Crippen molar-refractivity contribution < 1.29 is 4.42 Å². The number of thioether (sulfide) groups is 1. The van der Waals surface area contributed by atoms with Crippen LogP contribution in [0.25, 0.3) is 22.0 Å². The van der Waals surface area contributed by atoms with Gasteiger partial charge in [-0.2, -0.15) is 0 Å². The molecule has 0 aliphatic rings. The van der Waals surface area contributed by atoms with Crippen LogP contribution in [0.5, 0.6) is 0 Å². The van der Waals surface area contributed by atoms with Crippen LogP contribution in [0.15, 0.2) is 57.5 Å². The molecule has 0 bridgehead atoms. The van der Waals surface area contributed by atoms with E-state index in [0.717, 1.165) is 21.4 Å². The highest BCUT2D eigenvalue weighted by molar-refractivity contribution is 7.98. The summed E-state index contributed by atoms with van der Waals surface area (Å²) in [5, 5.41) is 12.1. The van der Waals surface area contributed by atoms with Gasteiger partial charge in [-0.25, -0.2) is 4.98 Å². The number of nitrogens with zero attached hydrogens (tertiary/aromatic N) is 4. The van der Waals surface area contributed by atoms with Gasteiger partial charge in [-0.1, -0.05) is 41.6 Å². The molecule has 0 saturated carbocycles. The van der Waals surface area contributed by atoms with Crippen LogP contribution < -0.4 is 0 Å². The lowest BCUT2D eigenvalue weighted by Crippen LogP contribution is -1.93. The summed E-state index contributed by atoms with van der Waals surface area (Å²) in [5.41, 5.74) is 0.912. The molecule has 5 nitrogen and oxygen atoms in total. The predicted octanol–water partition coefficient (Wildman–Crippen LogP) is 5.14. The summed E-state index contributed by atoms with van der Waals surface area (Å²) in [6.07, 6.45) is 1.72. The fourth-order valence-corrected chi connectivity index (χ4v) is 4.04. The van der Waals surface area contributed by atoms with Gasteiger partial charge in [0.15, 0.2) is 16.7 Å². The van der Waals surface area contributed by atoms with Crippen molar-refractivity contribution in [3.05, 3.63) is 58.9 Å². The van der Waals surface area contributed by atoms with Crippen molar-refractivity contribution in [3.8, 4) is 22.0 Å². The zero-order valence-electron chi connectivity index (χ0n) is 13.2. The minimum Gasteiger partial charge on any atom is -0.440 e. The minimum atomic E-state index is 0.580. The van der Waals surface area contributed by atoms with Crippen LogP contribution in [-0.4, -0.2) is 19.7 Å². The second kappa shape index (κ2) is 7.03. The van der Waals surface area contributed by atoms with Gasteiger partial charge in [0.05, 0.1) is 16.8 Å². The number of rotatable bonds is 5. The fourth-order valence-electron chi connectivity index (χ4n) is 2.34. The molecule has 1 aromatic carbocycles. The van der Waals surface area contributed by atoms with Crippen LogP contribution in [0.4, 0.5) is 0 Å². The van der Waals surface area contributed by atoms with E-state index in [-0.39, 0.29) is 0 Å². The van der Waals surface area contributed by atoms with E-state index in [1.54, 1.807) is 29.3 Å². The van der Waals surface area contributed by atoms with Gasteiger partial charge in [-0.15, -0.1) is 21.5 Å². The van der Waals surface area contributed by atoms with Gasteiger partial charge in [0.25, 0.3) is 0 Å². The first-order valence-corrected chi connectivity index (χ1v) is 9.72. The molecule has 0 N–H and O–H groups in total. The number of oxazole rings is 1. The van der Waals surface area contributed by atoms with Crippen molar-refractivity contribution >= 4 is 34.7 Å². The number of aromatic nitrogens is 4. The van der Waals surface area contributed by atoms with Crippen molar-refractivity contribution in [2.45, 2.75) is 10.9 Å². The normalized spacial score (nSPS) is 11.1. The molecule has 25 heavy (non-hydrogen) atoms. The Balaban J connectivity index is 1.48. The van der Waals surface area contributed by atoms with Crippen molar-refractivity contribution in [3.63, 3.8) is 0 Å². The molecule has 0 aliphatic carbocycles. The van der Waals surface area contributed by atoms with Crippen molar-refractivity contribution in [2.75, 3.05) is 0 Å². The molecule has 4 aromatic rings. The molecule has 3 aromatic heterocycles. The van der Waals surface area contributed by atoms with Gasteiger partial charge in [-0.05, 0) is 23.6 Å². The lowest BCUT2D eigenvalue weighted by molar-refractivity contribution is 0.529. The molecule has 0 atom stereocenters. The Bertz CT molecular complexity index is 994. The lowest BCUT2D eigenvalue weighted by Gasteiger charge is -2.01. The molecule has 126 valence electrons. The third-order valence-electron chi connectivity index (χ3n) is 3.56. The van der Waals surface area contributed by atoms with Crippen LogP contribution in [0.1, 0.15) is 5.89 Å². The maximum atomic E-state index is 6.02. The SMILES string of the molecule is Cn1c(SCc2ncc(-c3cccc(Cl)c3)o2)nnc1-c1cccs1. The molecule has 3 heterocycles. The van der Waals surface area contributed by atoms with Gasteiger partial charge in [0.1, 0.15) is 0 Å². The van der Waals surface area contributed by atoms with Crippen molar-refractivity contribution in [2.24, 2.45) is 7.05 Å². The second-order valence-electron chi connectivity index (χ2n) is 5.26. The van der Waals surface area contributed by atoms with E-state index >= 15 is 0 Å². The Hall–Kier alpha value is -2.09. The van der Waals surface area contributed by atoms with E-state index in [1.165, 1.54) is 0 Å². The number of halogens is 1. The first kappa shape index (κ1) is 16.4. The number of hydrogen-bond donors (Lipinski definition) is 0. The van der Waals surface area contributed by atoms with Crippen LogP contribution in [0, 0.1) is 0 Å². The van der Waals surface area contributed by atoms with E-state index in [4.69, 9.17) is 16.0 Å². The molecule has 0 radical (unpaired) electrons. The summed E-state index contributed by atoms with van der Waals surface area (Å²) in [7, 11) is 1.96. The quantitative estimate of drug-likeness (QED) is 0.443. The monoisotopic (exact) mass is 388 g/mol. The summed E-state index contributed by atoms with van der Waals surface area (Å²) < 4.78 is 7.80. The smallest absolute Gasteiger partial charge is 0.205 e. The third kappa shape index (κ3) is 3.49. The summed E-state index contributed by atoms with van der Waals surface area (Å²) >= 11 is 9.21. The van der Waals surface area contributed by atoms with E-state index in [1.807, 2.05) is 53.4 Å². The van der Waals surface area contributed by atoms with Gasteiger partial charge >= 0.3 is 0 Å². The van der Waals surface area contributed by atoms with Crippen LogP contribution in [0.3, 0.4) is 0 Å². The molecule has 0 unspecified atom stereocenters. The van der Waals surface area contributed by atoms with E-state index < -0.39 is 0 Å². The Morgan fingerprint density at radius 3 is 2.96 bits per heavy atom. The molecular formula is C17H13ClN4OS2. The average Bonchev–Trinajstić information content (AvgIpc) is 3.34. The highest BCUT2D eigenvalue weighted by Gasteiger charge is 2.14. The highest BCUT2D eigenvalue weighted by atomic mass is 35.5. The molecular weight excluding hydrogens is 376 g/mol. The second-order valence-corrected chi connectivity index (χ2v) is 7.59. The topological polar surface area (TPSA) is 56.7 Å². The number of hydrogen-bond acceptors (Lipinski definition) is 6. The summed E-state index contributed by atoms with van der Waals surface area (Å²) in [4.78, 5) is 5.44. The van der Waals surface area contributed by atoms with Gasteiger partial charge < -0.3 is 8.98 Å². The Morgan fingerprint density at radius 1 is 1.24 bits per heavy atom. The van der Waals surface area contributed by atoms with Gasteiger partial charge in [0.2, 0.25) is 5.89 Å². The molecule has 8 heteroatoms. The highest BCUT2D eigenvalue weighted by Crippen LogP contribution is 2.29. The maximum absolute atomic E-state index is 6.02. The molecule has 0 fully saturated rings. The van der Waals surface area contributed by atoms with E-state index in [2.05, 4.69) is 15.2 Å². The standard InChI is InChI=1S/C17H13ClN4OS2/c1-22-16(14-6-3-7-24-14)20-21-17(22)25-10-15-19-9-13(23-15)11-4-2-5-12(18)8-11/h2-9H,10H2,1H3. The first-order valence-electron chi connectivity index (χ1n) is 7.47. The predicted molar refractivity (Wildman–Crippen MR) is 101 cm³/mol.